The van der Waals surface area contributed by atoms with Gasteiger partial charge in [-0.1, -0.05) is 0 Å². The molecule has 1 aliphatic heterocycles. The molecule has 0 saturated carbocycles. The fourth-order valence-corrected chi connectivity index (χ4v) is 2.39. The Kier molecular flexibility index (Phi) is 5.74. The molecular formula is C14H21N3O4. The summed E-state index contributed by atoms with van der Waals surface area (Å²) in [5.74, 6) is -0.699. The zero-order valence-corrected chi connectivity index (χ0v) is 12.0. The summed E-state index contributed by atoms with van der Waals surface area (Å²) in [5, 5.41) is 8.56. The lowest BCUT2D eigenvalue weighted by molar-refractivity contribution is -0.139. The van der Waals surface area contributed by atoms with Crippen molar-refractivity contribution in [3.63, 3.8) is 0 Å². The van der Waals surface area contributed by atoms with E-state index in [0.29, 0.717) is 26.1 Å². The van der Waals surface area contributed by atoms with Gasteiger partial charge < -0.3 is 19.3 Å². The number of imidazole rings is 1. The van der Waals surface area contributed by atoms with Gasteiger partial charge in [0, 0.05) is 38.4 Å². The summed E-state index contributed by atoms with van der Waals surface area (Å²) in [6, 6.07) is 0. The van der Waals surface area contributed by atoms with Crippen molar-refractivity contribution in [1.29, 1.82) is 0 Å². The molecule has 0 bridgehead atoms. The van der Waals surface area contributed by atoms with Crippen molar-refractivity contribution in [1.82, 2.24) is 14.5 Å². The maximum absolute atomic E-state index is 12.1. The fraction of sp³-hybridized carbons (Fsp3) is 0.643. The fourth-order valence-electron chi connectivity index (χ4n) is 2.39. The molecule has 21 heavy (non-hydrogen) atoms. The molecule has 1 fully saturated rings. The molecule has 0 aliphatic carbocycles. The minimum absolute atomic E-state index is 0.0318. The lowest BCUT2D eigenvalue weighted by Gasteiger charge is -2.32. The van der Waals surface area contributed by atoms with Crippen molar-refractivity contribution < 1.29 is 19.4 Å². The van der Waals surface area contributed by atoms with Crippen LogP contribution in [0.1, 0.15) is 25.7 Å². The standard InChI is InChI=1S/C14H21N3O4/c18-13(3-6-16-9-5-15-11-16)17-7-1-12(2-8-17)21-10-4-14(19)20/h5,9,11-12H,1-4,6-8,10H2,(H,19,20). The zero-order valence-electron chi connectivity index (χ0n) is 12.0. The van der Waals surface area contributed by atoms with Gasteiger partial charge >= 0.3 is 5.97 Å². The summed E-state index contributed by atoms with van der Waals surface area (Å²) < 4.78 is 7.40. The normalized spacial score (nSPS) is 16.1. The number of carboxylic acids is 1. The van der Waals surface area contributed by atoms with Gasteiger partial charge in [0.05, 0.1) is 25.5 Å². The van der Waals surface area contributed by atoms with Gasteiger partial charge in [-0.15, -0.1) is 0 Å². The van der Waals surface area contributed by atoms with E-state index in [4.69, 9.17) is 9.84 Å². The average Bonchev–Trinajstić information content (AvgIpc) is 2.98. The molecule has 2 heterocycles. The molecule has 116 valence electrons. The quantitative estimate of drug-likeness (QED) is 0.802. The second-order valence-electron chi connectivity index (χ2n) is 5.15. The second-order valence-corrected chi connectivity index (χ2v) is 5.15. The Hall–Kier alpha value is -1.89. The first kappa shape index (κ1) is 15.5. The van der Waals surface area contributed by atoms with Crippen LogP contribution in [-0.4, -0.2) is 57.2 Å². The van der Waals surface area contributed by atoms with Gasteiger partial charge in [-0.05, 0) is 12.8 Å². The third kappa shape index (κ3) is 5.18. The molecule has 1 N–H and O–H groups in total. The number of hydrogen-bond acceptors (Lipinski definition) is 4. The Bertz CT molecular complexity index is 453. The molecule has 1 amide bonds. The molecule has 1 saturated heterocycles. The SMILES string of the molecule is O=C(O)CCOC1CCN(C(=O)CCn2ccnc2)CC1. The van der Waals surface area contributed by atoms with E-state index in [0.717, 1.165) is 12.8 Å². The van der Waals surface area contributed by atoms with Crippen molar-refractivity contribution in [2.45, 2.75) is 38.3 Å². The number of aromatic nitrogens is 2. The van der Waals surface area contributed by atoms with Crippen molar-refractivity contribution in [2.24, 2.45) is 0 Å². The Morgan fingerprint density at radius 3 is 2.67 bits per heavy atom. The molecule has 1 aromatic rings. The highest BCUT2D eigenvalue weighted by molar-refractivity contribution is 5.76. The molecule has 0 atom stereocenters. The molecule has 2 rings (SSSR count). The third-order valence-corrected chi connectivity index (χ3v) is 3.61. The molecule has 0 spiro atoms. The third-order valence-electron chi connectivity index (χ3n) is 3.61. The number of rotatable bonds is 7. The van der Waals surface area contributed by atoms with Crippen LogP contribution in [-0.2, 0) is 20.9 Å². The Morgan fingerprint density at radius 1 is 1.29 bits per heavy atom. The summed E-state index contributed by atoms with van der Waals surface area (Å²) >= 11 is 0. The maximum atomic E-state index is 12.1. The van der Waals surface area contributed by atoms with Crippen LogP contribution in [0.5, 0.6) is 0 Å². The monoisotopic (exact) mass is 295 g/mol. The lowest BCUT2D eigenvalue weighted by atomic mass is 10.1. The lowest BCUT2D eigenvalue weighted by Crippen LogP contribution is -2.41. The van der Waals surface area contributed by atoms with Crippen LogP contribution in [0.15, 0.2) is 18.7 Å². The smallest absolute Gasteiger partial charge is 0.305 e. The number of aryl methyl sites for hydroxylation is 1. The van der Waals surface area contributed by atoms with Crippen molar-refractivity contribution in [3.05, 3.63) is 18.7 Å². The first-order valence-electron chi connectivity index (χ1n) is 7.22. The Morgan fingerprint density at radius 2 is 2.05 bits per heavy atom. The highest BCUT2D eigenvalue weighted by atomic mass is 16.5. The number of ether oxygens (including phenoxy) is 1. The number of carbonyl (C=O) groups excluding carboxylic acids is 1. The van der Waals surface area contributed by atoms with Crippen LogP contribution in [0, 0.1) is 0 Å². The van der Waals surface area contributed by atoms with Crippen LogP contribution in [0.4, 0.5) is 0 Å². The molecule has 1 aliphatic rings. The van der Waals surface area contributed by atoms with Crippen LogP contribution in [0.25, 0.3) is 0 Å². The minimum atomic E-state index is -0.845. The number of carboxylic acid groups (broad SMARTS) is 1. The van der Waals surface area contributed by atoms with Gasteiger partial charge in [-0.3, -0.25) is 9.59 Å². The summed E-state index contributed by atoms with van der Waals surface area (Å²) in [6.07, 6.45) is 7.37. The number of aliphatic carboxylic acids is 1. The minimum Gasteiger partial charge on any atom is -0.481 e. The summed E-state index contributed by atoms with van der Waals surface area (Å²) in [7, 11) is 0. The van der Waals surface area contributed by atoms with E-state index in [1.165, 1.54) is 0 Å². The predicted octanol–water partition coefficient (Wildman–Crippen LogP) is 0.755. The van der Waals surface area contributed by atoms with Crippen LogP contribution < -0.4 is 0 Å². The van der Waals surface area contributed by atoms with Crippen molar-refractivity contribution in [3.8, 4) is 0 Å². The van der Waals surface area contributed by atoms with E-state index < -0.39 is 5.97 Å². The Labute approximate surface area is 123 Å². The van der Waals surface area contributed by atoms with Crippen molar-refractivity contribution >= 4 is 11.9 Å². The first-order valence-corrected chi connectivity index (χ1v) is 7.22. The molecular weight excluding hydrogens is 274 g/mol. The highest BCUT2D eigenvalue weighted by Crippen LogP contribution is 2.15. The predicted molar refractivity (Wildman–Crippen MR) is 74.7 cm³/mol. The van der Waals surface area contributed by atoms with Gasteiger partial charge in [0.1, 0.15) is 0 Å². The van der Waals surface area contributed by atoms with Gasteiger partial charge in [-0.2, -0.15) is 0 Å². The Balaban J connectivity index is 1.63. The first-order chi connectivity index (χ1) is 10.1. The molecule has 0 aromatic carbocycles. The number of amides is 1. The summed E-state index contributed by atoms with van der Waals surface area (Å²) in [5.41, 5.74) is 0. The van der Waals surface area contributed by atoms with Gasteiger partial charge in [-0.25, -0.2) is 4.98 Å². The zero-order chi connectivity index (χ0) is 15.1. The molecule has 0 radical (unpaired) electrons. The molecule has 7 heteroatoms. The molecule has 1 aromatic heterocycles. The van der Waals surface area contributed by atoms with E-state index in [9.17, 15) is 9.59 Å². The van der Waals surface area contributed by atoms with E-state index in [2.05, 4.69) is 4.98 Å². The maximum Gasteiger partial charge on any atom is 0.305 e. The molecule has 7 nitrogen and oxygen atoms in total. The van der Waals surface area contributed by atoms with Crippen LogP contribution in [0.3, 0.4) is 0 Å². The van der Waals surface area contributed by atoms with Gasteiger partial charge in [0.25, 0.3) is 0 Å². The van der Waals surface area contributed by atoms with Gasteiger partial charge in [0.2, 0.25) is 5.91 Å². The van der Waals surface area contributed by atoms with E-state index in [1.54, 1.807) is 12.5 Å². The van der Waals surface area contributed by atoms with Crippen LogP contribution in [0.2, 0.25) is 0 Å². The van der Waals surface area contributed by atoms with Crippen LogP contribution >= 0.6 is 0 Å². The van der Waals surface area contributed by atoms with E-state index >= 15 is 0 Å². The molecule has 0 unspecified atom stereocenters. The summed E-state index contributed by atoms with van der Waals surface area (Å²) in [6.45, 7) is 2.25. The summed E-state index contributed by atoms with van der Waals surface area (Å²) in [4.78, 5) is 28.3. The highest BCUT2D eigenvalue weighted by Gasteiger charge is 2.23. The average molecular weight is 295 g/mol. The van der Waals surface area contributed by atoms with Gasteiger partial charge in [0.15, 0.2) is 0 Å². The second kappa shape index (κ2) is 7.78. The number of carbonyl (C=O) groups is 2. The number of likely N-dealkylation sites (tertiary alicyclic amines) is 1. The number of nitrogens with zero attached hydrogens (tertiary/aromatic N) is 3. The largest absolute Gasteiger partial charge is 0.481 e. The van der Waals surface area contributed by atoms with E-state index in [1.807, 2.05) is 15.7 Å². The number of piperidine rings is 1. The topological polar surface area (TPSA) is 84.7 Å². The van der Waals surface area contributed by atoms with Crippen molar-refractivity contribution in [2.75, 3.05) is 19.7 Å². The van der Waals surface area contributed by atoms with E-state index in [-0.39, 0.29) is 25.0 Å². The number of hydrogen-bond donors (Lipinski definition) is 1.